The van der Waals surface area contributed by atoms with Gasteiger partial charge >= 0.3 is 6.18 Å². The SMILES string of the molecule is NNc1cc(NCC(O)C(F)(F)F)ccn1. The van der Waals surface area contributed by atoms with Crippen LogP contribution in [-0.2, 0) is 0 Å². The van der Waals surface area contributed by atoms with Crippen molar-refractivity contribution in [3.63, 3.8) is 0 Å². The van der Waals surface area contributed by atoms with Gasteiger partial charge in [0.1, 0.15) is 5.82 Å². The molecule has 1 heterocycles. The largest absolute Gasteiger partial charge is 0.416 e. The zero-order chi connectivity index (χ0) is 12.2. The number of aliphatic hydroxyl groups is 1. The molecule has 5 N–H and O–H groups in total. The van der Waals surface area contributed by atoms with E-state index in [9.17, 15) is 13.2 Å². The van der Waals surface area contributed by atoms with Crippen molar-refractivity contribution < 1.29 is 18.3 Å². The van der Waals surface area contributed by atoms with Gasteiger partial charge in [0, 0.05) is 24.5 Å². The van der Waals surface area contributed by atoms with E-state index in [4.69, 9.17) is 10.9 Å². The van der Waals surface area contributed by atoms with Crippen LogP contribution in [0.1, 0.15) is 0 Å². The maximum atomic E-state index is 12.0. The summed E-state index contributed by atoms with van der Waals surface area (Å²) < 4.78 is 35.9. The van der Waals surface area contributed by atoms with Gasteiger partial charge in [-0.25, -0.2) is 10.8 Å². The number of anilines is 2. The van der Waals surface area contributed by atoms with Crippen molar-refractivity contribution in [3.05, 3.63) is 18.3 Å². The third-order valence-corrected chi connectivity index (χ3v) is 1.79. The molecule has 0 fully saturated rings. The minimum Gasteiger partial charge on any atom is -0.382 e. The first-order valence-electron chi connectivity index (χ1n) is 4.35. The number of alkyl halides is 3. The third-order valence-electron chi connectivity index (χ3n) is 1.79. The minimum atomic E-state index is -4.63. The fourth-order valence-electron chi connectivity index (χ4n) is 0.950. The molecule has 0 saturated heterocycles. The molecule has 0 spiro atoms. The average Bonchev–Trinajstić information content (AvgIpc) is 2.25. The molecule has 1 aromatic heterocycles. The zero-order valence-electron chi connectivity index (χ0n) is 8.12. The molecule has 16 heavy (non-hydrogen) atoms. The van der Waals surface area contributed by atoms with Crippen LogP contribution in [0.25, 0.3) is 0 Å². The predicted molar refractivity (Wildman–Crippen MR) is 52.6 cm³/mol. The highest BCUT2D eigenvalue weighted by atomic mass is 19.4. The summed E-state index contributed by atoms with van der Waals surface area (Å²) in [4.78, 5) is 3.77. The van der Waals surface area contributed by atoms with Crippen molar-refractivity contribution in [2.24, 2.45) is 5.84 Å². The van der Waals surface area contributed by atoms with Crippen LogP contribution < -0.4 is 16.6 Å². The molecule has 1 atom stereocenters. The Bertz CT molecular complexity index is 344. The maximum Gasteiger partial charge on any atom is 0.416 e. The number of nitrogens with one attached hydrogen (secondary N) is 2. The number of aliphatic hydroxyl groups excluding tert-OH is 1. The lowest BCUT2D eigenvalue weighted by molar-refractivity contribution is -0.198. The average molecular weight is 236 g/mol. The fourth-order valence-corrected chi connectivity index (χ4v) is 0.950. The van der Waals surface area contributed by atoms with Gasteiger partial charge in [-0.3, -0.25) is 0 Å². The van der Waals surface area contributed by atoms with Crippen LogP contribution in [0.15, 0.2) is 18.3 Å². The molecule has 8 heteroatoms. The van der Waals surface area contributed by atoms with Crippen LogP contribution >= 0.6 is 0 Å². The molecule has 0 amide bonds. The summed E-state index contributed by atoms with van der Waals surface area (Å²) in [6.45, 7) is -0.627. The van der Waals surface area contributed by atoms with E-state index in [1.54, 1.807) is 0 Å². The van der Waals surface area contributed by atoms with Crippen molar-refractivity contribution in [2.45, 2.75) is 12.3 Å². The van der Waals surface area contributed by atoms with Crippen molar-refractivity contribution >= 4 is 11.5 Å². The summed E-state index contributed by atoms with van der Waals surface area (Å²) in [7, 11) is 0. The van der Waals surface area contributed by atoms with E-state index in [0.29, 0.717) is 11.5 Å². The molecule has 0 saturated carbocycles. The predicted octanol–water partition coefficient (Wildman–Crippen LogP) is 0.702. The highest BCUT2D eigenvalue weighted by Crippen LogP contribution is 2.20. The van der Waals surface area contributed by atoms with Crippen LogP contribution in [0.5, 0.6) is 0 Å². The Morgan fingerprint density at radius 2 is 2.19 bits per heavy atom. The van der Waals surface area contributed by atoms with Gasteiger partial charge in [-0.2, -0.15) is 13.2 Å². The number of aromatic nitrogens is 1. The molecule has 0 aliphatic rings. The van der Waals surface area contributed by atoms with E-state index in [-0.39, 0.29) is 0 Å². The Kier molecular flexibility index (Phi) is 3.91. The molecule has 1 aromatic rings. The third kappa shape index (κ3) is 3.55. The molecule has 0 bridgehead atoms. The summed E-state index contributed by atoms with van der Waals surface area (Å²) >= 11 is 0. The number of nitrogens with zero attached hydrogens (tertiary/aromatic N) is 1. The monoisotopic (exact) mass is 236 g/mol. The second-order valence-corrected chi connectivity index (χ2v) is 3.01. The summed E-state index contributed by atoms with van der Waals surface area (Å²) in [5.74, 6) is 5.39. The van der Waals surface area contributed by atoms with E-state index >= 15 is 0 Å². The van der Waals surface area contributed by atoms with Gasteiger partial charge in [-0.05, 0) is 6.07 Å². The lowest BCUT2D eigenvalue weighted by Crippen LogP contribution is -2.35. The Labute approximate surface area is 89.4 Å². The standard InChI is InChI=1S/C8H11F3N4O/c9-8(10,11)6(16)4-14-5-1-2-13-7(3-5)15-12/h1-3,6,16H,4,12H2,(H2,13,14,15). The van der Waals surface area contributed by atoms with Gasteiger partial charge in [-0.1, -0.05) is 0 Å². The van der Waals surface area contributed by atoms with E-state index in [1.165, 1.54) is 18.3 Å². The molecule has 1 rings (SSSR count). The molecule has 5 nitrogen and oxygen atoms in total. The number of nitrogens with two attached hydrogens (primary N) is 1. The van der Waals surface area contributed by atoms with Crippen LogP contribution in [0, 0.1) is 0 Å². The summed E-state index contributed by atoms with van der Waals surface area (Å²) in [6, 6.07) is 2.88. The molecular formula is C8H11F3N4O. The first-order chi connectivity index (χ1) is 7.43. The molecule has 0 radical (unpaired) electrons. The second-order valence-electron chi connectivity index (χ2n) is 3.01. The summed E-state index contributed by atoms with van der Waals surface area (Å²) in [5.41, 5.74) is 2.63. The quantitative estimate of drug-likeness (QED) is 0.457. The van der Waals surface area contributed by atoms with Crippen LogP contribution in [0.3, 0.4) is 0 Å². The highest BCUT2D eigenvalue weighted by molar-refractivity contribution is 5.51. The summed E-state index contributed by atoms with van der Waals surface area (Å²) in [5, 5.41) is 11.2. The molecule has 1 unspecified atom stereocenters. The zero-order valence-corrected chi connectivity index (χ0v) is 8.12. The number of pyridine rings is 1. The van der Waals surface area contributed by atoms with Gasteiger partial charge in [0.05, 0.1) is 0 Å². The van der Waals surface area contributed by atoms with Crippen molar-refractivity contribution in [3.8, 4) is 0 Å². The summed E-state index contributed by atoms with van der Waals surface area (Å²) in [6.07, 6.45) is -5.66. The van der Waals surface area contributed by atoms with Gasteiger partial charge in [0.2, 0.25) is 0 Å². The van der Waals surface area contributed by atoms with E-state index in [0.717, 1.165) is 0 Å². The Morgan fingerprint density at radius 1 is 1.50 bits per heavy atom. The molecule has 90 valence electrons. The van der Waals surface area contributed by atoms with Gasteiger partial charge < -0.3 is 15.8 Å². The normalized spacial score (nSPS) is 13.3. The molecule has 0 aromatic carbocycles. The Morgan fingerprint density at radius 3 is 2.75 bits per heavy atom. The van der Waals surface area contributed by atoms with Gasteiger partial charge in [-0.15, -0.1) is 0 Å². The first-order valence-corrected chi connectivity index (χ1v) is 4.35. The van der Waals surface area contributed by atoms with E-state index in [1.807, 2.05) is 0 Å². The lowest BCUT2D eigenvalue weighted by Gasteiger charge is -2.15. The molecule has 0 aliphatic carbocycles. The topological polar surface area (TPSA) is 83.2 Å². The maximum absolute atomic E-state index is 12.0. The van der Waals surface area contributed by atoms with Crippen molar-refractivity contribution in [1.82, 2.24) is 4.98 Å². The first kappa shape index (κ1) is 12.5. The minimum absolute atomic E-state index is 0.312. The van der Waals surface area contributed by atoms with E-state index < -0.39 is 18.8 Å². The lowest BCUT2D eigenvalue weighted by atomic mass is 10.3. The van der Waals surface area contributed by atoms with Crippen LogP contribution in [0.2, 0.25) is 0 Å². The number of hydrogen-bond acceptors (Lipinski definition) is 5. The molecule has 0 aliphatic heterocycles. The second kappa shape index (κ2) is 4.99. The van der Waals surface area contributed by atoms with Crippen LogP contribution in [-0.4, -0.2) is 28.9 Å². The van der Waals surface area contributed by atoms with E-state index in [2.05, 4.69) is 15.7 Å². The number of hydrogen-bond donors (Lipinski definition) is 4. The van der Waals surface area contributed by atoms with Crippen LogP contribution in [0.4, 0.5) is 24.7 Å². The van der Waals surface area contributed by atoms with Gasteiger partial charge in [0.25, 0.3) is 0 Å². The fraction of sp³-hybridized carbons (Fsp3) is 0.375. The molecular weight excluding hydrogens is 225 g/mol. The van der Waals surface area contributed by atoms with Crippen molar-refractivity contribution in [2.75, 3.05) is 17.3 Å². The smallest absolute Gasteiger partial charge is 0.382 e. The number of hydrazine groups is 1. The Balaban J connectivity index is 2.54. The number of nitrogen functional groups attached to an aromatic ring is 1. The highest BCUT2D eigenvalue weighted by Gasteiger charge is 2.37. The number of halogens is 3. The van der Waals surface area contributed by atoms with Crippen molar-refractivity contribution in [1.29, 1.82) is 0 Å². The number of rotatable bonds is 4. The van der Waals surface area contributed by atoms with Gasteiger partial charge in [0.15, 0.2) is 6.10 Å². The Hall–Kier alpha value is -1.54.